The Morgan fingerprint density at radius 1 is 0.964 bits per heavy atom. The molecular formula is C22H22N2O4. The van der Waals surface area contributed by atoms with E-state index in [4.69, 9.17) is 8.83 Å². The van der Waals surface area contributed by atoms with Crippen LogP contribution in [0.3, 0.4) is 0 Å². The van der Waals surface area contributed by atoms with Crippen molar-refractivity contribution in [1.29, 1.82) is 0 Å². The van der Waals surface area contributed by atoms with Crippen LogP contribution in [0.4, 0.5) is 0 Å². The fourth-order valence-electron chi connectivity index (χ4n) is 3.55. The van der Waals surface area contributed by atoms with E-state index in [9.17, 15) is 9.59 Å². The number of nitrogens with zero attached hydrogens (tertiary/aromatic N) is 2. The smallest absolute Gasteiger partial charge is 0.228 e. The lowest BCUT2D eigenvalue weighted by molar-refractivity contribution is -0.137. The highest BCUT2D eigenvalue weighted by atomic mass is 16.3. The largest absolute Gasteiger partial charge is 0.467 e. The van der Waals surface area contributed by atoms with Gasteiger partial charge in [0.15, 0.2) is 0 Å². The van der Waals surface area contributed by atoms with Gasteiger partial charge in [-0.1, -0.05) is 30.3 Å². The molecule has 6 heteroatoms. The maximum atomic E-state index is 13.2. The fraction of sp³-hybridized carbons (Fsp3) is 0.273. The number of rotatable bonds is 7. The SMILES string of the molecule is O=C1CC(C(=O)N(Cc2ccco2)Cc2ccco2)CN1Cc1ccccc1. The molecule has 2 amide bonds. The van der Waals surface area contributed by atoms with Gasteiger partial charge in [-0.2, -0.15) is 0 Å². The van der Waals surface area contributed by atoms with Crippen LogP contribution in [0, 0.1) is 5.92 Å². The van der Waals surface area contributed by atoms with E-state index in [1.54, 1.807) is 34.5 Å². The molecule has 3 heterocycles. The molecule has 0 radical (unpaired) electrons. The van der Waals surface area contributed by atoms with Crippen molar-refractivity contribution in [3.05, 3.63) is 84.2 Å². The average Bonchev–Trinajstić information content (AvgIpc) is 3.46. The highest BCUT2D eigenvalue weighted by Gasteiger charge is 2.36. The Labute approximate surface area is 163 Å². The summed E-state index contributed by atoms with van der Waals surface area (Å²) in [6, 6.07) is 17.1. The van der Waals surface area contributed by atoms with E-state index in [1.807, 2.05) is 42.5 Å². The van der Waals surface area contributed by atoms with Crippen LogP contribution in [0.5, 0.6) is 0 Å². The van der Waals surface area contributed by atoms with Gasteiger partial charge >= 0.3 is 0 Å². The fourth-order valence-corrected chi connectivity index (χ4v) is 3.55. The van der Waals surface area contributed by atoms with Gasteiger partial charge in [-0.25, -0.2) is 0 Å². The van der Waals surface area contributed by atoms with E-state index < -0.39 is 0 Å². The lowest BCUT2D eigenvalue weighted by Crippen LogP contribution is -2.36. The third-order valence-electron chi connectivity index (χ3n) is 4.95. The second-order valence-electron chi connectivity index (χ2n) is 7.01. The predicted molar refractivity (Wildman–Crippen MR) is 102 cm³/mol. The molecule has 1 saturated heterocycles. The lowest BCUT2D eigenvalue weighted by atomic mass is 10.1. The zero-order valence-electron chi connectivity index (χ0n) is 15.5. The maximum absolute atomic E-state index is 13.2. The van der Waals surface area contributed by atoms with Crippen molar-refractivity contribution < 1.29 is 18.4 Å². The zero-order valence-corrected chi connectivity index (χ0v) is 15.5. The first-order valence-electron chi connectivity index (χ1n) is 9.34. The first-order valence-corrected chi connectivity index (χ1v) is 9.34. The molecule has 1 aromatic carbocycles. The molecule has 0 bridgehead atoms. The van der Waals surface area contributed by atoms with Crippen molar-refractivity contribution in [2.75, 3.05) is 6.54 Å². The standard InChI is InChI=1S/C22H22N2O4/c25-21-12-18(14-23(21)13-17-6-2-1-3-7-17)22(26)24(15-19-8-4-10-27-19)16-20-9-5-11-28-20/h1-11,18H,12-16H2. The number of furan rings is 2. The number of carbonyl (C=O) groups excluding carboxylic acids is 2. The van der Waals surface area contributed by atoms with Crippen molar-refractivity contribution in [3.8, 4) is 0 Å². The average molecular weight is 378 g/mol. The van der Waals surface area contributed by atoms with E-state index in [0.717, 1.165) is 5.56 Å². The molecule has 1 fully saturated rings. The predicted octanol–water partition coefficient (Wildman–Crippen LogP) is 3.45. The van der Waals surface area contributed by atoms with Gasteiger partial charge in [0.1, 0.15) is 11.5 Å². The van der Waals surface area contributed by atoms with Crippen molar-refractivity contribution in [2.45, 2.75) is 26.1 Å². The second kappa shape index (κ2) is 8.17. The summed E-state index contributed by atoms with van der Waals surface area (Å²) in [5, 5.41) is 0. The molecule has 144 valence electrons. The minimum Gasteiger partial charge on any atom is -0.467 e. The molecule has 0 saturated carbocycles. The molecule has 1 aliphatic rings. The normalized spacial score (nSPS) is 16.5. The van der Waals surface area contributed by atoms with Crippen LogP contribution in [-0.4, -0.2) is 28.2 Å². The summed E-state index contributed by atoms with van der Waals surface area (Å²) in [6.07, 6.45) is 3.41. The van der Waals surface area contributed by atoms with Crippen LogP contribution in [0.25, 0.3) is 0 Å². The van der Waals surface area contributed by atoms with Crippen LogP contribution >= 0.6 is 0 Å². The van der Waals surface area contributed by atoms with Crippen molar-refractivity contribution in [3.63, 3.8) is 0 Å². The van der Waals surface area contributed by atoms with Crippen LogP contribution in [0.1, 0.15) is 23.5 Å². The summed E-state index contributed by atoms with van der Waals surface area (Å²) < 4.78 is 10.8. The Morgan fingerprint density at radius 3 is 2.18 bits per heavy atom. The highest BCUT2D eigenvalue weighted by molar-refractivity contribution is 5.89. The first kappa shape index (κ1) is 18.1. The molecule has 0 N–H and O–H groups in total. The molecule has 2 aromatic heterocycles. The minimum absolute atomic E-state index is 0.0122. The Kier molecular flexibility index (Phi) is 5.28. The topological polar surface area (TPSA) is 66.9 Å². The molecule has 6 nitrogen and oxygen atoms in total. The van der Waals surface area contributed by atoms with Crippen molar-refractivity contribution in [2.24, 2.45) is 5.92 Å². The molecule has 1 atom stereocenters. The van der Waals surface area contributed by atoms with Gasteiger partial charge in [0.05, 0.1) is 31.5 Å². The number of carbonyl (C=O) groups is 2. The zero-order chi connectivity index (χ0) is 19.3. The van der Waals surface area contributed by atoms with E-state index in [-0.39, 0.29) is 24.2 Å². The van der Waals surface area contributed by atoms with Crippen LogP contribution in [-0.2, 0) is 29.2 Å². The number of hydrogen-bond acceptors (Lipinski definition) is 4. The van der Waals surface area contributed by atoms with Crippen LogP contribution < -0.4 is 0 Å². The number of likely N-dealkylation sites (tertiary alicyclic amines) is 1. The second-order valence-corrected chi connectivity index (χ2v) is 7.01. The van der Waals surface area contributed by atoms with Gasteiger partial charge in [-0.3, -0.25) is 9.59 Å². The Balaban J connectivity index is 1.46. The van der Waals surface area contributed by atoms with Crippen LogP contribution in [0.15, 0.2) is 76.0 Å². The van der Waals surface area contributed by atoms with Gasteiger partial charge < -0.3 is 18.6 Å². The van der Waals surface area contributed by atoms with Crippen molar-refractivity contribution in [1.82, 2.24) is 9.80 Å². The highest BCUT2D eigenvalue weighted by Crippen LogP contribution is 2.24. The van der Waals surface area contributed by atoms with Gasteiger partial charge in [-0.05, 0) is 29.8 Å². The summed E-state index contributed by atoms with van der Waals surface area (Å²) in [4.78, 5) is 29.1. The summed E-state index contributed by atoms with van der Waals surface area (Å²) in [5.74, 6) is 0.992. The minimum atomic E-state index is -0.360. The molecule has 3 aromatic rings. The van der Waals surface area contributed by atoms with Crippen molar-refractivity contribution >= 4 is 11.8 Å². The summed E-state index contributed by atoms with van der Waals surface area (Å²) in [7, 11) is 0. The van der Waals surface area contributed by atoms with Gasteiger partial charge in [0, 0.05) is 19.5 Å². The summed E-state index contributed by atoms with van der Waals surface area (Å²) in [5.41, 5.74) is 1.06. The van der Waals surface area contributed by atoms with Crippen LogP contribution in [0.2, 0.25) is 0 Å². The third kappa shape index (κ3) is 4.17. The Bertz CT molecular complexity index is 867. The van der Waals surface area contributed by atoms with E-state index in [0.29, 0.717) is 37.7 Å². The van der Waals surface area contributed by atoms with Gasteiger partial charge in [-0.15, -0.1) is 0 Å². The molecule has 1 unspecified atom stereocenters. The van der Waals surface area contributed by atoms with Gasteiger partial charge in [0.2, 0.25) is 11.8 Å². The Hall–Kier alpha value is -3.28. The summed E-state index contributed by atoms with van der Waals surface area (Å²) in [6.45, 7) is 1.64. The number of hydrogen-bond donors (Lipinski definition) is 0. The monoisotopic (exact) mass is 378 g/mol. The van der Waals surface area contributed by atoms with E-state index in [1.165, 1.54) is 0 Å². The molecule has 0 aliphatic carbocycles. The number of amides is 2. The molecule has 1 aliphatic heterocycles. The molecule has 28 heavy (non-hydrogen) atoms. The lowest BCUT2D eigenvalue weighted by Gasteiger charge is -2.24. The Morgan fingerprint density at radius 2 is 1.61 bits per heavy atom. The van der Waals surface area contributed by atoms with E-state index in [2.05, 4.69) is 0 Å². The van der Waals surface area contributed by atoms with E-state index >= 15 is 0 Å². The molecular weight excluding hydrogens is 356 g/mol. The maximum Gasteiger partial charge on any atom is 0.228 e. The van der Waals surface area contributed by atoms with Gasteiger partial charge in [0.25, 0.3) is 0 Å². The molecule has 0 spiro atoms. The molecule has 4 rings (SSSR count). The third-order valence-corrected chi connectivity index (χ3v) is 4.95. The summed E-state index contributed by atoms with van der Waals surface area (Å²) >= 11 is 0. The first-order chi connectivity index (χ1) is 13.7. The number of benzene rings is 1. The quantitative estimate of drug-likeness (QED) is 0.632.